The molecule has 3 aliphatic carbocycles. The lowest BCUT2D eigenvalue weighted by molar-refractivity contribution is 0.740. The van der Waals surface area contributed by atoms with Crippen LogP contribution in [0.3, 0.4) is 0 Å². The summed E-state index contributed by atoms with van der Waals surface area (Å²) in [5.74, 6) is 0. The average Bonchev–Trinajstić information content (AvgIpc) is 3.31. The number of nitrogens with one attached hydrogen (secondary N) is 1. The summed E-state index contributed by atoms with van der Waals surface area (Å²) in [6.07, 6.45) is 4.75. The molecule has 3 aliphatic rings. The van der Waals surface area contributed by atoms with E-state index in [9.17, 15) is 0 Å². The Labute approximate surface area is 247 Å². The van der Waals surface area contributed by atoms with Gasteiger partial charge in [-0.05, 0) is 93.5 Å². The predicted molar refractivity (Wildman–Crippen MR) is 174 cm³/mol. The van der Waals surface area contributed by atoms with Gasteiger partial charge in [-0.2, -0.15) is 0 Å². The van der Waals surface area contributed by atoms with Gasteiger partial charge in [-0.3, -0.25) is 0 Å². The molecule has 0 aliphatic heterocycles. The van der Waals surface area contributed by atoms with Crippen molar-refractivity contribution in [2.24, 2.45) is 0 Å². The third-order valence-corrected chi connectivity index (χ3v) is 9.96. The molecule has 6 aromatic rings. The highest BCUT2D eigenvalue weighted by Crippen LogP contribution is 2.59. The van der Waals surface area contributed by atoms with Crippen LogP contribution in [-0.2, 0) is 31.1 Å². The zero-order valence-corrected chi connectivity index (χ0v) is 23.5. The zero-order valence-electron chi connectivity index (χ0n) is 23.5. The van der Waals surface area contributed by atoms with Crippen molar-refractivity contribution in [3.8, 4) is 22.3 Å². The minimum absolute atomic E-state index is 0.363. The molecule has 42 heavy (non-hydrogen) atoms. The number of hydrogen-bond acceptors (Lipinski definition) is 1. The molecule has 0 aromatic heterocycles. The fourth-order valence-corrected chi connectivity index (χ4v) is 7.68. The van der Waals surface area contributed by atoms with Crippen molar-refractivity contribution in [3.63, 3.8) is 0 Å². The van der Waals surface area contributed by atoms with Crippen molar-refractivity contribution >= 4 is 11.4 Å². The standard InChI is InChI=1S/C41H31N/c1-2-9-29(10-3-1)34-11-5-7-15-38(34)42-39-16-8-14-37-40(39)35-12-4-6-13-36(35)41(37,32-23-21-27-17-19-30(27)25-32)33-24-22-28-18-20-31(28)26-33/h1-16,21-26,42H,17-20H2. The summed E-state index contributed by atoms with van der Waals surface area (Å²) >= 11 is 0. The fourth-order valence-electron chi connectivity index (χ4n) is 7.68. The monoisotopic (exact) mass is 537 g/mol. The van der Waals surface area contributed by atoms with E-state index >= 15 is 0 Å². The van der Waals surface area contributed by atoms with E-state index in [1.807, 2.05) is 0 Å². The Hall–Kier alpha value is -4.88. The van der Waals surface area contributed by atoms with Crippen molar-refractivity contribution in [3.05, 3.63) is 178 Å². The maximum Gasteiger partial charge on any atom is 0.0714 e. The highest BCUT2D eigenvalue weighted by atomic mass is 14.9. The van der Waals surface area contributed by atoms with Crippen LogP contribution in [0.25, 0.3) is 22.3 Å². The summed E-state index contributed by atoms with van der Waals surface area (Å²) in [7, 11) is 0. The lowest BCUT2D eigenvalue weighted by Crippen LogP contribution is -2.30. The van der Waals surface area contributed by atoms with Gasteiger partial charge >= 0.3 is 0 Å². The highest BCUT2D eigenvalue weighted by molar-refractivity contribution is 5.96. The first kappa shape index (κ1) is 23.8. The lowest BCUT2D eigenvalue weighted by atomic mass is 9.65. The third-order valence-electron chi connectivity index (χ3n) is 9.96. The van der Waals surface area contributed by atoms with Gasteiger partial charge in [0.1, 0.15) is 0 Å². The van der Waals surface area contributed by atoms with Crippen LogP contribution < -0.4 is 5.32 Å². The van der Waals surface area contributed by atoms with Crippen LogP contribution in [0.15, 0.2) is 133 Å². The lowest BCUT2D eigenvalue weighted by Gasteiger charge is -2.36. The second-order valence-electron chi connectivity index (χ2n) is 12.0. The summed E-state index contributed by atoms with van der Waals surface area (Å²) < 4.78 is 0. The molecule has 0 amide bonds. The quantitative estimate of drug-likeness (QED) is 0.230. The van der Waals surface area contributed by atoms with Crippen molar-refractivity contribution in [2.75, 3.05) is 5.32 Å². The van der Waals surface area contributed by atoms with Gasteiger partial charge in [-0.15, -0.1) is 0 Å². The Morgan fingerprint density at radius 2 is 1.00 bits per heavy atom. The second-order valence-corrected chi connectivity index (χ2v) is 12.0. The van der Waals surface area contributed by atoms with Crippen LogP contribution >= 0.6 is 0 Å². The van der Waals surface area contributed by atoms with E-state index in [4.69, 9.17) is 0 Å². The molecule has 6 aromatic carbocycles. The van der Waals surface area contributed by atoms with Gasteiger partial charge in [-0.1, -0.05) is 121 Å². The topological polar surface area (TPSA) is 12.0 Å². The summed E-state index contributed by atoms with van der Waals surface area (Å²) in [6, 6.07) is 49.9. The Kier molecular flexibility index (Phi) is 5.13. The molecule has 0 unspecified atom stereocenters. The van der Waals surface area contributed by atoms with Gasteiger partial charge in [0, 0.05) is 22.5 Å². The number of rotatable bonds is 5. The molecule has 1 nitrogen and oxygen atoms in total. The van der Waals surface area contributed by atoms with Crippen molar-refractivity contribution in [1.82, 2.24) is 0 Å². The van der Waals surface area contributed by atoms with Gasteiger partial charge in [0.2, 0.25) is 0 Å². The van der Waals surface area contributed by atoms with Crippen LogP contribution in [0.1, 0.15) is 44.5 Å². The third kappa shape index (κ3) is 3.31. The molecule has 0 atom stereocenters. The average molecular weight is 538 g/mol. The molecule has 9 rings (SSSR count). The van der Waals surface area contributed by atoms with E-state index in [2.05, 4.69) is 139 Å². The number of para-hydroxylation sites is 1. The number of benzene rings is 6. The summed E-state index contributed by atoms with van der Waals surface area (Å²) in [4.78, 5) is 0. The van der Waals surface area contributed by atoms with Gasteiger partial charge < -0.3 is 5.32 Å². The van der Waals surface area contributed by atoms with Crippen molar-refractivity contribution in [1.29, 1.82) is 0 Å². The Balaban J connectivity index is 1.30. The number of anilines is 2. The van der Waals surface area contributed by atoms with E-state index in [0.29, 0.717) is 0 Å². The molecule has 0 fully saturated rings. The molecule has 1 N–H and O–H groups in total. The van der Waals surface area contributed by atoms with Gasteiger partial charge in [0.05, 0.1) is 5.41 Å². The summed E-state index contributed by atoms with van der Waals surface area (Å²) in [6.45, 7) is 0. The van der Waals surface area contributed by atoms with Gasteiger partial charge in [0.25, 0.3) is 0 Å². The van der Waals surface area contributed by atoms with Gasteiger partial charge in [-0.25, -0.2) is 0 Å². The zero-order chi connectivity index (χ0) is 27.7. The Morgan fingerprint density at radius 3 is 1.67 bits per heavy atom. The van der Waals surface area contributed by atoms with E-state index in [0.717, 1.165) is 11.4 Å². The fraction of sp³-hybridized carbons (Fsp3) is 0.122. The predicted octanol–water partition coefficient (Wildman–Crippen LogP) is 9.66. The number of fused-ring (bicyclic) bond motifs is 5. The van der Waals surface area contributed by atoms with Crippen molar-refractivity contribution in [2.45, 2.75) is 31.1 Å². The maximum atomic E-state index is 3.92. The molecule has 1 heteroatoms. The summed E-state index contributed by atoms with van der Waals surface area (Å²) in [5, 5.41) is 3.92. The second kappa shape index (κ2) is 9.06. The molecule has 0 spiro atoms. The highest BCUT2D eigenvalue weighted by Gasteiger charge is 2.47. The maximum absolute atomic E-state index is 3.92. The number of hydrogen-bond donors (Lipinski definition) is 1. The SMILES string of the molecule is c1ccc(-c2ccccc2Nc2cccc3c2-c2ccccc2C3(c2ccc3c(c2)CC3)c2ccc3c(c2)CC3)cc1. The first-order valence-corrected chi connectivity index (χ1v) is 15.2. The minimum Gasteiger partial charge on any atom is -0.355 e. The van der Waals surface area contributed by atoms with E-state index < -0.39 is 0 Å². The molecule has 0 heterocycles. The van der Waals surface area contributed by atoms with Crippen LogP contribution in [0.2, 0.25) is 0 Å². The minimum atomic E-state index is -0.363. The van der Waals surface area contributed by atoms with E-state index in [1.54, 1.807) is 0 Å². The molecule has 0 radical (unpaired) electrons. The molecular formula is C41H31N. The number of aryl methyl sites for hydroxylation is 4. The first-order valence-electron chi connectivity index (χ1n) is 15.2. The first-order chi connectivity index (χ1) is 20.8. The van der Waals surface area contributed by atoms with Crippen LogP contribution in [0.4, 0.5) is 11.4 Å². The van der Waals surface area contributed by atoms with Crippen LogP contribution in [0, 0.1) is 0 Å². The normalized spacial score (nSPS) is 15.0. The Bertz CT molecular complexity index is 1960. The van der Waals surface area contributed by atoms with E-state index in [-0.39, 0.29) is 5.41 Å². The Morgan fingerprint density at radius 1 is 0.429 bits per heavy atom. The van der Waals surface area contributed by atoms with Crippen LogP contribution in [-0.4, -0.2) is 0 Å². The molecular weight excluding hydrogens is 506 g/mol. The smallest absolute Gasteiger partial charge is 0.0714 e. The molecule has 200 valence electrons. The molecule has 0 bridgehead atoms. The summed E-state index contributed by atoms with van der Waals surface area (Å²) in [5.41, 5.74) is 18.5. The van der Waals surface area contributed by atoms with Gasteiger partial charge in [0.15, 0.2) is 0 Å². The van der Waals surface area contributed by atoms with Crippen LogP contribution in [0.5, 0.6) is 0 Å². The van der Waals surface area contributed by atoms with E-state index in [1.165, 1.54) is 92.4 Å². The van der Waals surface area contributed by atoms with Crippen molar-refractivity contribution < 1.29 is 0 Å². The largest absolute Gasteiger partial charge is 0.355 e. The molecule has 0 saturated heterocycles. The molecule has 0 saturated carbocycles.